The molecule has 2 fully saturated rings. The van der Waals surface area contributed by atoms with Crippen LogP contribution in [0.5, 0.6) is 5.75 Å². The molecule has 3 aliphatic rings. The second-order valence-corrected chi connectivity index (χ2v) is 8.37. The third-order valence-corrected chi connectivity index (χ3v) is 6.14. The first-order valence-electron chi connectivity index (χ1n) is 10.4. The molecule has 4 atom stereocenters. The lowest BCUT2D eigenvalue weighted by Crippen LogP contribution is -2.47. The molecule has 3 N–H and O–H groups in total. The van der Waals surface area contributed by atoms with Crippen LogP contribution in [0.4, 0.5) is 18.9 Å². The Balaban J connectivity index is 1.44. The molecular weight excluding hydrogens is 417 g/mol. The summed E-state index contributed by atoms with van der Waals surface area (Å²) in [6, 6.07) is 5.34. The number of hydrogen-bond acceptors (Lipinski definition) is 5. The van der Waals surface area contributed by atoms with Crippen molar-refractivity contribution in [2.75, 3.05) is 18.5 Å². The summed E-state index contributed by atoms with van der Waals surface area (Å²) in [7, 11) is 0. The van der Waals surface area contributed by atoms with Crippen LogP contribution in [0.3, 0.4) is 0 Å². The average Bonchev–Trinajstić information content (AvgIpc) is 3.02. The lowest BCUT2D eigenvalue weighted by Gasteiger charge is -2.37. The maximum Gasteiger partial charge on any atom is 0.405 e. The van der Waals surface area contributed by atoms with E-state index in [1.54, 1.807) is 12.1 Å². The number of ether oxygens (including phenoxy) is 2. The van der Waals surface area contributed by atoms with E-state index in [0.29, 0.717) is 17.9 Å². The molecule has 7 nitrogen and oxygen atoms in total. The van der Waals surface area contributed by atoms with Gasteiger partial charge in [0.15, 0.2) is 0 Å². The van der Waals surface area contributed by atoms with E-state index in [9.17, 15) is 27.9 Å². The summed E-state index contributed by atoms with van der Waals surface area (Å²) in [4.78, 5) is 24.2. The first-order valence-corrected chi connectivity index (χ1v) is 10.4. The summed E-state index contributed by atoms with van der Waals surface area (Å²) >= 11 is 0. The van der Waals surface area contributed by atoms with E-state index >= 15 is 0 Å². The number of carbonyl (C=O) groups is 2. The topological polar surface area (TPSA) is 96.9 Å². The Morgan fingerprint density at radius 3 is 2.65 bits per heavy atom. The maximum absolute atomic E-state index is 12.3. The van der Waals surface area contributed by atoms with Gasteiger partial charge < -0.3 is 25.2 Å². The molecule has 0 spiro atoms. The predicted octanol–water partition coefficient (Wildman–Crippen LogP) is 2.49. The molecule has 1 aliphatic carbocycles. The van der Waals surface area contributed by atoms with Gasteiger partial charge in [0, 0.05) is 23.1 Å². The number of carbonyl (C=O) groups excluding carboxylic acids is 2. The number of alkyl halides is 3. The van der Waals surface area contributed by atoms with Crippen LogP contribution in [0.2, 0.25) is 0 Å². The molecule has 2 aliphatic heterocycles. The molecule has 170 valence electrons. The molecule has 10 heteroatoms. The molecule has 1 saturated heterocycles. The zero-order valence-corrected chi connectivity index (χ0v) is 16.8. The fourth-order valence-electron chi connectivity index (χ4n) is 4.36. The average molecular weight is 442 g/mol. The highest BCUT2D eigenvalue weighted by Crippen LogP contribution is 2.47. The van der Waals surface area contributed by atoms with Gasteiger partial charge in [-0.3, -0.25) is 9.59 Å². The molecule has 2 amide bonds. The van der Waals surface area contributed by atoms with E-state index in [4.69, 9.17) is 9.47 Å². The minimum absolute atomic E-state index is 0.0129. The van der Waals surface area contributed by atoms with Crippen LogP contribution in [-0.2, 0) is 14.3 Å². The van der Waals surface area contributed by atoms with Crippen LogP contribution in [0.15, 0.2) is 18.2 Å². The van der Waals surface area contributed by atoms with Gasteiger partial charge >= 0.3 is 6.18 Å². The van der Waals surface area contributed by atoms with Gasteiger partial charge in [-0.1, -0.05) is 6.42 Å². The van der Waals surface area contributed by atoms with E-state index in [1.165, 1.54) is 0 Å². The number of aliphatic hydroxyl groups excluding tert-OH is 1. The van der Waals surface area contributed by atoms with E-state index in [1.807, 2.05) is 11.4 Å². The number of hydrogen-bond donors (Lipinski definition) is 3. The van der Waals surface area contributed by atoms with Crippen molar-refractivity contribution in [1.29, 1.82) is 0 Å². The molecule has 0 aromatic heterocycles. The summed E-state index contributed by atoms with van der Waals surface area (Å²) in [5.41, 5.74) is 1.48. The normalized spacial score (nSPS) is 27.5. The van der Waals surface area contributed by atoms with Crippen LogP contribution >= 0.6 is 0 Å². The first kappa shape index (κ1) is 21.9. The molecule has 0 radical (unpaired) electrons. The van der Waals surface area contributed by atoms with Gasteiger partial charge in [0.25, 0.3) is 0 Å². The van der Waals surface area contributed by atoms with Crippen molar-refractivity contribution < 1.29 is 37.3 Å². The smallest absolute Gasteiger partial charge is 0.405 e. The molecule has 4 rings (SSSR count). The number of fused-ring (bicyclic) bond motifs is 3. The lowest BCUT2D eigenvalue weighted by atomic mass is 9.83. The Morgan fingerprint density at radius 1 is 1.23 bits per heavy atom. The van der Waals surface area contributed by atoms with Gasteiger partial charge in [0.1, 0.15) is 24.5 Å². The Morgan fingerprint density at radius 2 is 2.00 bits per heavy atom. The standard InChI is InChI=1S/C21H25F3N2O5/c22-21(23,24)10-25-18(28)8-13-7-15-14-6-12(26-20(29)11-2-1-3-11)4-5-16(14)31-19(15)17(9-27)30-13/h4-6,11,13,15,17,19,27H,1-3,7-10H2,(H,25,28)(H,26,29)/t13-,15-,17-,19+/m0/s1. The first-order chi connectivity index (χ1) is 14.7. The van der Waals surface area contributed by atoms with Crippen molar-refractivity contribution in [3.63, 3.8) is 0 Å². The molecule has 1 aromatic carbocycles. The quantitative estimate of drug-likeness (QED) is 0.629. The largest absolute Gasteiger partial charge is 0.487 e. The summed E-state index contributed by atoms with van der Waals surface area (Å²) < 4.78 is 48.7. The van der Waals surface area contributed by atoms with Gasteiger partial charge in [0.2, 0.25) is 11.8 Å². The fourth-order valence-corrected chi connectivity index (χ4v) is 4.36. The second-order valence-electron chi connectivity index (χ2n) is 8.37. The minimum atomic E-state index is -4.49. The van der Waals surface area contributed by atoms with Crippen LogP contribution in [0.25, 0.3) is 0 Å². The fraction of sp³-hybridized carbons (Fsp3) is 0.619. The Hall–Kier alpha value is -2.33. The zero-order chi connectivity index (χ0) is 22.2. The number of halogens is 3. The molecular formula is C21H25F3N2O5. The molecule has 2 heterocycles. The van der Waals surface area contributed by atoms with Crippen molar-refractivity contribution in [2.45, 2.75) is 62.5 Å². The van der Waals surface area contributed by atoms with Crippen molar-refractivity contribution in [1.82, 2.24) is 5.32 Å². The van der Waals surface area contributed by atoms with E-state index < -0.39 is 36.9 Å². The predicted molar refractivity (Wildman–Crippen MR) is 104 cm³/mol. The van der Waals surface area contributed by atoms with Crippen LogP contribution in [-0.4, -0.2) is 54.6 Å². The van der Waals surface area contributed by atoms with Crippen molar-refractivity contribution >= 4 is 17.5 Å². The zero-order valence-electron chi connectivity index (χ0n) is 16.8. The highest BCUT2D eigenvalue weighted by atomic mass is 19.4. The minimum Gasteiger partial charge on any atom is -0.487 e. The molecule has 0 bridgehead atoms. The number of rotatable bonds is 6. The van der Waals surface area contributed by atoms with Gasteiger partial charge in [0.05, 0.1) is 19.1 Å². The highest BCUT2D eigenvalue weighted by Gasteiger charge is 2.46. The summed E-state index contributed by atoms with van der Waals surface area (Å²) in [6.45, 7) is -1.74. The number of aliphatic hydroxyl groups is 1. The third kappa shape index (κ3) is 4.95. The number of benzene rings is 1. The van der Waals surface area contributed by atoms with E-state index in [-0.39, 0.29) is 30.8 Å². The van der Waals surface area contributed by atoms with Crippen LogP contribution in [0.1, 0.15) is 43.6 Å². The summed E-state index contributed by atoms with van der Waals surface area (Å²) in [6.07, 6.45) is -3.38. The van der Waals surface area contributed by atoms with E-state index in [2.05, 4.69) is 5.32 Å². The monoisotopic (exact) mass is 442 g/mol. The maximum atomic E-state index is 12.3. The molecule has 1 aromatic rings. The summed E-state index contributed by atoms with van der Waals surface area (Å²) in [5.74, 6) is -0.333. The van der Waals surface area contributed by atoms with Gasteiger partial charge in [-0.05, 0) is 37.5 Å². The van der Waals surface area contributed by atoms with Gasteiger partial charge in [-0.25, -0.2) is 0 Å². The third-order valence-electron chi connectivity index (χ3n) is 6.14. The van der Waals surface area contributed by atoms with E-state index in [0.717, 1.165) is 24.8 Å². The van der Waals surface area contributed by atoms with Gasteiger partial charge in [-0.15, -0.1) is 0 Å². The summed E-state index contributed by atoms with van der Waals surface area (Å²) in [5, 5.41) is 14.5. The van der Waals surface area contributed by atoms with Crippen LogP contribution in [0, 0.1) is 5.92 Å². The van der Waals surface area contributed by atoms with Crippen molar-refractivity contribution in [3.05, 3.63) is 23.8 Å². The lowest BCUT2D eigenvalue weighted by molar-refractivity contribution is -0.149. The van der Waals surface area contributed by atoms with Gasteiger partial charge in [-0.2, -0.15) is 13.2 Å². The second kappa shape index (κ2) is 8.66. The van der Waals surface area contributed by atoms with Crippen molar-refractivity contribution in [3.8, 4) is 5.75 Å². The highest BCUT2D eigenvalue weighted by molar-refractivity contribution is 5.93. The number of anilines is 1. The number of nitrogens with one attached hydrogen (secondary N) is 2. The number of amides is 2. The van der Waals surface area contributed by atoms with Crippen LogP contribution < -0.4 is 15.4 Å². The molecule has 0 unspecified atom stereocenters. The Kier molecular flexibility index (Phi) is 6.11. The van der Waals surface area contributed by atoms with Crippen molar-refractivity contribution in [2.24, 2.45) is 5.92 Å². The SMILES string of the molecule is O=C(C[C@@H]1C[C@H]2c3cc(NC(=O)C4CCC4)ccc3O[C@H]2[C@H](CO)O1)NCC(F)(F)F. The Bertz CT molecular complexity index is 843. The molecule has 1 saturated carbocycles. The Labute approximate surface area is 177 Å². The molecule has 31 heavy (non-hydrogen) atoms.